The van der Waals surface area contributed by atoms with Gasteiger partial charge in [-0.1, -0.05) is 0 Å². The van der Waals surface area contributed by atoms with Crippen LogP contribution in [0.5, 0.6) is 0 Å². The molecule has 0 aliphatic heterocycles. The SMILES string of the molecule is COC(=O)CCC(C#N)(CN)CCC(=O)OC.NN. The second-order valence-electron chi connectivity index (χ2n) is 3.75. The van der Waals surface area contributed by atoms with Crippen LogP contribution >= 0.6 is 0 Å². The highest BCUT2D eigenvalue weighted by atomic mass is 16.5. The zero-order valence-electron chi connectivity index (χ0n) is 11.3. The van der Waals surface area contributed by atoms with E-state index >= 15 is 0 Å². The molecule has 0 saturated carbocycles. The molecule has 8 heteroatoms. The van der Waals surface area contributed by atoms with Crippen LogP contribution in [0.1, 0.15) is 25.7 Å². The highest BCUT2D eigenvalue weighted by molar-refractivity contribution is 5.70. The lowest BCUT2D eigenvalue weighted by Crippen LogP contribution is -2.30. The molecule has 6 N–H and O–H groups in total. The lowest BCUT2D eigenvalue weighted by molar-refractivity contribution is -0.141. The standard InChI is InChI=1S/C11H18N2O4.H4N2/c1-16-9(14)3-5-11(7-12,8-13)6-4-10(15)17-2;1-2/h3-7,12H2,1-2H3;1-2H2. The van der Waals surface area contributed by atoms with Crippen molar-refractivity contribution in [1.29, 1.82) is 5.26 Å². The smallest absolute Gasteiger partial charge is 0.305 e. The summed E-state index contributed by atoms with van der Waals surface area (Å²) in [6.45, 7) is 0.0947. The number of nitrogens with zero attached hydrogens (tertiary/aromatic N) is 1. The molecule has 0 bridgehead atoms. The van der Waals surface area contributed by atoms with E-state index in [9.17, 15) is 9.59 Å². The molecule has 0 amide bonds. The van der Waals surface area contributed by atoms with Gasteiger partial charge in [-0.2, -0.15) is 5.26 Å². The first-order chi connectivity index (χ1) is 9.03. The normalized spacial score (nSPS) is 9.68. The van der Waals surface area contributed by atoms with E-state index in [2.05, 4.69) is 27.2 Å². The van der Waals surface area contributed by atoms with Gasteiger partial charge in [0.2, 0.25) is 0 Å². The van der Waals surface area contributed by atoms with Crippen LogP contribution in [0.3, 0.4) is 0 Å². The maximum Gasteiger partial charge on any atom is 0.305 e. The molecule has 0 radical (unpaired) electrons. The molecular formula is C11H22N4O4. The molecule has 0 unspecified atom stereocenters. The number of hydrazine groups is 1. The molecule has 0 aromatic carbocycles. The van der Waals surface area contributed by atoms with Gasteiger partial charge in [0, 0.05) is 19.4 Å². The van der Waals surface area contributed by atoms with E-state index in [1.165, 1.54) is 14.2 Å². The lowest BCUT2D eigenvalue weighted by Gasteiger charge is -2.23. The van der Waals surface area contributed by atoms with E-state index in [-0.39, 0.29) is 32.2 Å². The van der Waals surface area contributed by atoms with Gasteiger partial charge in [-0.3, -0.25) is 21.3 Å². The molecule has 0 aromatic heterocycles. The van der Waals surface area contributed by atoms with Crippen molar-refractivity contribution in [2.45, 2.75) is 25.7 Å². The number of rotatable bonds is 7. The second kappa shape index (κ2) is 11.4. The van der Waals surface area contributed by atoms with Crippen molar-refractivity contribution in [2.24, 2.45) is 22.8 Å². The Hall–Kier alpha value is -1.69. The molecule has 0 aliphatic carbocycles. The quantitative estimate of drug-likeness (QED) is 0.309. The first-order valence-corrected chi connectivity index (χ1v) is 5.62. The third-order valence-electron chi connectivity index (χ3n) is 2.70. The Morgan fingerprint density at radius 2 is 1.47 bits per heavy atom. The molecule has 0 aliphatic rings. The minimum Gasteiger partial charge on any atom is -0.469 e. The number of ether oxygens (including phenoxy) is 2. The zero-order chi connectivity index (χ0) is 15.3. The van der Waals surface area contributed by atoms with E-state index in [0.29, 0.717) is 0 Å². The summed E-state index contributed by atoms with van der Waals surface area (Å²) < 4.78 is 9.00. The summed E-state index contributed by atoms with van der Waals surface area (Å²) in [4.78, 5) is 22.0. The van der Waals surface area contributed by atoms with Gasteiger partial charge in [0.05, 0.1) is 25.7 Å². The molecule has 0 rings (SSSR count). The van der Waals surface area contributed by atoms with Crippen molar-refractivity contribution in [3.63, 3.8) is 0 Å². The Morgan fingerprint density at radius 3 is 1.68 bits per heavy atom. The Morgan fingerprint density at radius 1 is 1.11 bits per heavy atom. The van der Waals surface area contributed by atoms with Gasteiger partial charge < -0.3 is 15.2 Å². The minimum absolute atomic E-state index is 0.0947. The van der Waals surface area contributed by atoms with Crippen LogP contribution in [0.2, 0.25) is 0 Å². The van der Waals surface area contributed by atoms with E-state index < -0.39 is 17.4 Å². The molecule has 0 heterocycles. The van der Waals surface area contributed by atoms with Gasteiger partial charge in [0.1, 0.15) is 0 Å². The third-order valence-corrected chi connectivity index (χ3v) is 2.70. The number of methoxy groups -OCH3 is 2. The fourth-order valence-corrected chi connectivity index (χ4v) is 1.37. The van der Waals surface area contributed by atoms with Crippen molar-refractivity contribution in [2.75, 3.05) is 20.8 Å². The van der Waals surface area contributed by atoms with E-state index in [0.717, 1.165) is 0 Å². The zero-order valence-corrected chi connectivity index (χ0v) is 11.3. The number of esters is 2. The molecule has 8 nitrogen and oxygen atoms in total. The minimum atomic E-state index is -0.873. The number of carbonyl (C=O) groups excluding carboxylic acids is 2. The van der Waals surface area contributed by atoms with Crippen molar-refractivity contribution in [3.05, 3.63) is 0 Å². The average molecular weight is 274 g/mol. The summed E-state index contributed by atoms with van der Waals surface area (Å²) >= 11 is 0. The molecule has 110 valence electrons. The Bertz CT molecular complexity index is 294. The summed E-state index contributed by atoms with van der Waals surface area (Å²) in [7, 11) is 2.57. The molecule has 0 spiro atoms. The van der Waals surface area contributed by atoms with Crippen LogP contribution in [0.25, 0.3) is 0 Å². The topological polar surface area (TPSA) is 154 Å². The van der Waals surface area contributed by atoms with Crippen LogP contribution in [0, 0.1) is 16.7 Å². The molecule has 0 atom stereocenters. The third kappa shape index (κ3) is 8.10. The number of nitrogens with two attached hydrogens (primary N) is 3. The van der Waals surface area contributed by atoms with Gasteiger partial charge in [-0.05, 0) is 12.8 Å². The fourth-order valence-electron chi connectivity index (χ4n) is 1.37. The van der Waals surface area contributed by atoms with Crippen molar-refractivity contribution in [3.8, 4) is 6.07 Å². The summed E-state index contributed by atoms with van der Waals surface area (Å²) in [6, 6.07) is 2.08. The first kappa shape index (κ1) is 19.6. The molecular weight excluding hydrogens is 252 g/mol. The molecule has 0 saturated heterocycles. The summed E-state index contributed by atoms with van der Waals surface area (Å²) in [5.41, 5.74) is 4.67. The predicted molar refractivity (Wildman–Crippen MR) is 68.0 cm³/mol. The predicted octanol–water partition coefficient (Wildman–Crippen LogP) is -0.820. The van der Waals surface area contributed by atoms with Gasteiger partial charge in [0.15, 0.2) is 0 Å². The van der Waals surface area contributed by atoms with Crippen LogP contribution in [0.4, 0.5) is 0 Å². The lowest BCUT2D eigenvalue weighted by atomic mass is 9.80. The Kier molecular flexibility index (Phi) is 11.8. The molecule has 0 aromatic rings. The Balaban J connectivity index is 0. The number of nitriles is 1. The highest BCUT2D eigenvalue weighted by Gasteiger charge is 2.30. The maximum atomic E-state index is 11.0. The summed E-state index contributed by atoms with van der Waals surface area (Å²) in [5, 5.41) is 9.11. The second-order valence-corrected chi connectivity index (χ2v) is 3.75. The Labute approximate surface area is 112 Å². The van der Waals surface area contributed by atoms with Crippen molar-refractivity contribution in [1.82, 2.24) is 0 Å². The average Bonchev–Trinajstić information content (AvgIpc) is 2.49. The summed E-state index contributed by atoms with van der Waals surface area (Å²) in [5.74, 6) is 7.22. The van der Waals surface area contributed by atoms with Gasteiger partial charge in [-0.25, -0.2) is 0 Å². The van der Waals surface area contributed by atoms with Crippen molar-refractivity contribution < 1.29 is 19.1 Å². The van der Waals surface area contributed by atoms with Crippen LogP contribution in [-0.4, -0.2) is 32.7 Å². The molecule has 0 fully saturated rings. The van der Waals surface area contributed by atoms with E-state index in [1.807, 2.05) is 0 Å². The monoisotopic (exact) mass is 274 g/mol. The summed E-state index contributed by atoms with van der Waals surface area (Å²) in [6.07, 6.45) is 0.790. The van der Waals surface area contributed by atoms with Crippen molar-refractivity contribution >= 4 is 11.9 Å². The highest BCUT2D eigenvalue weighted by Crippen LogP contribution is 2.28. The fraction of sp³-hybridized carbons (Fsp3) is 0.727. The van der Waals surface area contributed by atoms with Gasteiger partial charge in [-0.15, -0.1) is 0 Å². The van der Waals surface area contributed by atoms with Crippen LogP contribution in [-0.2, 0) is 19.1 Å². The van der Waals surface area contributed by atoms with Crippen LogP contribution < -0.4 is 17.4 Å². The van der Waals surface area contributed by atoms with Crippen LogP contribution in [0.15, 0.2) is 0 Å². The number of carbonyl (C=O) groups is 2. The largest absolute Gasteiger partial charge is 0.469 e. The number of hydrogen-bond donors (Lipinski definition) is 3. The number of hydrogen-bond acceptors (Lipinski definition) is 8. The van der Waals surface area contributed by atoms with Gasteiger partial charge in [0.25, 0.3) is 0 Å². The maximum absolute atomic E-state index is 11.0. The molecule has 19 heavy (non-hydrogen) atoms. The first-order valence-electron chi connectivity index (χ1n) is 5.62. The van der Waals surface area contributed by atoms with E-state index in [4.69, 9.17) is 11.0 Å². The van der Waals surface area contributed by atoms with E-state index in [1.54, 1.807) is 0 Å². The van der Waals surface area contributed by atoms with Gasteiger partial charge >= 0.3 is 11.9 Å².